The molecule has 0 rings (SSSR count). The SMILES string of the molecule is CCCN(CC)CCOCCS. The van der Waals surface area contributed by atoms with Crippen molar-refractivity contribution in [3.8, 4) is 0 Å². The minimum absolute atomic E-state index is 0.771. The minimum atomic E-state index is 0.771. The highest BCUT2D eigenvalue weighted by molar-refractivity contribution is 7.80. The Morgan fingerprint density at radius 2 is 1.92 bits per heavy atom. The zero-order valence-corrected chi connectivity index (χ0v) is 9.15. The van der Waals surface area contributed by atoms with Crippen LogP contribution >= 0.6 is 12.6 Å². The van der Waals surface area contributed by atoms with Crippen molar-refractivity contribution in [2.45, 2.75) is 20.3 Å². The van der Waals surface area contributed by atoms with Crippen molar-refractivity contribution in [1.29, 1.82) is 0 Å². The van der Waals surface area contributed by atoms with Crippen molar-refractivity contribution < 1.29 is 4.74 Å². The second-order valence-corrected chi connectivity index (χ2v) is 3.22. The van der Waals surface area contributed by atoms with Gasteiger partial charge in [0.2, 0.25) is 0 Å². The summed E-state index contributed by atoms with van der Waals surface area (Å²) in [7, 11) is 0. The number of nitrogens with zero attached hydrogens (tertiary/aromatic N) is 1. The molecular weight excluding hydrogens is 170 g/mol. The average molecular weight is 191 g/mol. The molecule has 0 saturated carbocycles. The standard InChI is InChI=1S/C9H21NOS/c1-3-5-10(4-2)6-7-11-8-9-12/h12H,3-9H2,1-2H3. The van der Waals surface area contributed by atoms with E-state index in [1.54, 1.807) is 0 Å². The molecular formula is C9H21NOS. The van der Waals surface area contributed by atoms with Crippen molar-refractivity contribution in [3.63, 3.8) is 0 Å². The molecule has 0 aromatic rings. The van der Waals surface area contributed by atoms with Gasteiger partial charge in [-0.1, -0.05) is 13.8 Å². The van der Waals surface area contributed by atoms with Gasteiger partial charge in [0.05, 0.1) is 13.2 Å². The number of thiol groups is 1. The summed E-state index contributed by atoms with van der Waals surface area (Å²) in [5, 5.41) is 0. The minimum Gasteiger partial charge on any atom is -0.379 e. The Hall–Kier alpha value is 0.270. The van der Waals surface area contributed by atoms with E-state index in [-0.39, 0.29) is 0 Å². The van der Waals surface area contributed by atoms with Gasteiger partial charge in [-0.2, -0.15) is 12.6 Å². The van der Waals surface area contributed by atoms with E-state index < -0.39 is 0 Å². The third kappa shape index (κ3) is 6.95. The predicted molar refractivity (Wildman–Crippen MR) is 57.1 cm³/mol. The van der Waals surface area contributed by atoms with Gasteiger partial charge in [0.15, 0.2) is 0 Å². The van der Waals surface area contributed by atoms with E-state index in [4.69, 9.17) is 4.74 Å². The van der Waals surface area contributed by atoms with Gasteiger partial charge in [-0.3, -0.25) is 0 Å². The highest BCUT2D eigenvalue weighted by Gasteiger charge is 1.98. The molecule has 3 heteroatoms. The molecule has 0 N–H and O–H groups in total. The van der Waals surface area contributed by atoms with E-state index in [0.29, 0.717) is 0 Å². The third-order valence-electron chi connectivity index (χ3n) is 1.77. The third-order valence-corrected chi connectivity index (χ3v) is 1.96. The van der Waals surface area contributed by atoms with Crippen LogP contribution in [0.4, 0.5) is 0 Å². The van der Waals surface area contributed by atoms with E-state index >= 15 is 0 Å². The summed E-state index contributed by atoms with van der Waals surface area (Å²) in [6.45, 7) is 9.36. The molecule has 0 aliphatic rings. The lowest BCUT2D eigenvalue weighted by Gasteiger charge is -2.18. The zero-order chi connectivity index (χ0) is 9.23. The second-order valence-electron chi connectivity index (χ2n) is 2.77. The van der Waals surface area contributed by atoms with Crippen LogP contribution in [0.15, 0.2) is 0 Å². The molecule has 0 amide bonds. The maximum Gasteiger partial charge on any atom is 0.0593 e. The molecule has 74 valence electrons. The summed E-state index contributed by atoms with van der Waals surface area (Å²) >= 11 is 4.07. The summed E-state index contributed by atoms with van der Waals surface area (Å²) in [6.07, 6.45) is 1.22. The smallest absolute Gasteiger partial charge is 0.0593 e. The van der Waals surface area contributed by atoms with Gasteiger partial charge in [0, 0.05) is 12.3 Å². The normalized spacial score (nSPS) is 11.0. The van der Waals surface area contributed by atoms with Crippen molar-refractivity contribution in [1.82, 2.24) is 4.90 Å². The van der Waals surface area contributed by atoms with E-state index in [1.165, 1.54) is 13.0 Å². The number of rotatable bonds is 8. The summed E-state index contributed by atoms with van der Waals surface area (Å²) in [4.78, 5) is 2.40. The van der Waals surface area contributed by atoms with E-state index in [9.17, 15) is 0 Å². The predicted octanol–water partition coefficient (Wildman–Crippen LogP) is 1.66. The Kier molecular flexibility index (Phi) is 9.57. The van der Waals surface area contributed by atoms with Crippen LogP contribution in [0.2, 0.25) is 0 Å². The van der Waals surface area contributed by atoms with Crippen LogP contribution in [-0.4, -0.2) is 43.5 Å². The molecule has 0 spiro atoms. The molecule has 0 bridgehead atoms. The van der Waals surface area contributed by atoms with Crippen molar-refractivity contribution in [2.24, 2.45) is 0 Å². The molecule has 0 heterocycles. The lowest BCUT2D eigenvalue weighted by atomic mass is 10.4. The molecule has 0 aromatic carbocycles. The molecule has 0 unspecified atom stereocenters. The fourth-order valence-electron chi connectivity index (χ4n) is 1.10. The molecule has 2 nitrogen and oxygen atoms in total. The molecule has 12 heavy (non-hydrogen) atoms. The fourth-order valence-corrected chi connectivity index (χ4v) is 1.23. The van der Waals surface area contributed by atoms with Gasteiger partial charge in [-0.05, 0) is 19.5 Å². The number of likely N-dealkylation sites (N-methyl/N-ethyl adjacent to an activating group) is 1. The van der Waals surface area contributed by atoms with Crippen molar-refractivity contribution in [3.05, 3.63) is 0 Å². The Morgan fingerprint density at radius 1 is 1.17 bits per heavy atom. The highest BCUT2D eigenvalue weighted by Crippen LogP contribution is 1.90. The quantitative estimate of drug-likeness (QED) is 0.463. The molecule has 0 aliphatic heterocycles. The van der Waals surface area contributed by atoms with Crippen LogP contribution in [0.1, 0.15) is 20.3 Å². The Morgan fingerprint density at radius 3 is 2.42 bits per heavy atom. The molecule has 0 fully saturated rings. The molecule has 0 saturated heterocycles. The van der Waals surface area contributed by atoms with Crippen molar-refractivity contribution >= 4 is 12.6 Å². The van der Waals surface area contributed by atoms with Gasteiger partial charge < -0.3 is 9.64 Å². The largest absolute Gasteiger partial charge is 0.379 e. The number of hydrogen-bond acceptors (Lipinski definition) is 3. The van der Waals surface area contributed by atoms with Gasteiger partial charge in [-0.25, -0.2) is 0 Å². The van der Waals surface area contributed by atoms with Gasteiger partial charge >= 0.3 is 0 Å². The Bertz CT molecular complexity index is 90.6. The van der Waals surface area contributed by atoms with Crippen LogP contribution in [0, 0.1) is 0 Å². The molecule has 0 aromatic heterocycles. The van der Waals surface area contributed by atoms with Gasteiger partial charge in [0.1, 0.15) is 0 Å². The van der Waals surface area contributed by atoms with Crippen LogP contribution in [-0.2, 0) is 4.74 Å². The lowest BCUT2D eigenvalue weighted by molar-refractivity contribution is 0.117. The number of ether oxygens (including phenoxy) is 1. The summed E-state index contributed by atoms with van der Waals surface area (Å²) < 4.78 is 5.34. The molecule has 0 atom stereocenters. The number of hydrogen-bond donors (Lipinski definition) is 1. The Balaban J connectivity index is 3.19. The van der Waals surface area contributed by atoms with Crippen LogP contribution < -0.4 is 0 Å². The van der Waals surface area contributed by atoms with Crippen LogP contribution in [0.25, 0.3) is 0 Å². The van der Waals surface area contributed by atoms with E-state index in [2.05, 4.69) is 31.4 Å². The summed E-state index contributed by atoms with van der Waals surface area (Å²) in [6, 6.07) is 0. The second kappa shape index (κ2) is 9.36. The molecule has 0 aliphatic carbocycles. The summed E-state index contributed by atoms with van der Waals surface area (Å²) in [5.41, 5.74) is 0. The first kappa shape index (κ1) is 12.3. The van der Waals surface area contributed by atoms with Crippen molar-refractivity contribution in [2.75, 3.05) is 38.6 Å². The first-order valence-electron chi connectivity index (χ1n) is 4.76. The van der Waals surface area contributed by atoms with E-state index in [1.807, 2.05) is 0 Å². The first-order chi connectivity index (χ1) is 5.85. The van der Waals surface area contributed by atoms with Gasteiger partial charge in [-0.15, -0.1) is 0 Å². The maximum atomic E-state index is 5.34. The Labute approximate surface area is 81.7 Å². The van der Waals surface area contributed by atoms with Gasteiger partial charge in [0.25, 0.3) is 0 Å². The lowest BCUT2D eigenvalue weighted by Crippen LogP contribution is -2.28. The summed E-state index contributed by atoms with van der Waals surface area (Å²) in [5.74, 6) is 0.819. The van der Waals surface area contributed by atoms with Crippen LogP contribution in [0.3, 0.4) is 0 Å². The highest BCUT2D eigenvalue weighted by atomic mass is 32.1. The maximum absolute atomic E-state index is 5.34. The molecule has 0 radical (unpaired) electrons. The monoisotopic (exact) mass is 191 g/mol. The van der Waals surface area contributed by atoms with Crippen LogP contribution in [0.5, 0.6) is 0 Å². The fraction of sp³-hybridized carbons (Fsp3) is 1.00. The average Bonchev–Trinajstić information content (AvgIpc) is 2.10. The topological polar surface area (TPSA) is 12.5 Å². The van der Waals surface area contributed by atoms with E-state index in [0.717, 1.165) is 32.1 Å². The first-order valence-corrected chi connectivity index (χ1v) is 5.39. The zero-order valence-electron chi connectivity index (χ0n) is 8.25.